The standard InChI is InChI=1S/C22H28N2O3/c1-4-16(3)24-21(23-20-9-7-6-8-19(20)22(24)25)17-10-12-18(13-11-17)27-15-14-26-5-2/h6-13,16,21,23H,4-5,14-15H2,1-3H3. The van der Waals surface area contributed by atoms with Crippen molar-refractivity contribution in [3.63, 3.8) is 0 Å². The minimum Gasteiger partial charge on any atom is -0.491 e. The van der Waals surface area contributed by atoms with E-state index in [-0.39, 0.29) is 18.1 Å². The maximum atomic E-state index is 13.1. The van der Waals surface area contributed by atoms with Crippen LogP contribution in [0.2, 0.25) is 0 Å². The molecule has 1 heterocycles. The normalized spacial score (nSPS) is 17.2. The number of benzene rings is 2. The molecule has 1 amide bonds. The molecule has 0 aromatic heterocycles. The maximum absolute atomic E-state index is 13.1. The highest BCUT2D eigenvalue weighted by atomic mass is 16.5. The molecule has 3 rings (SSSR count). The molecule has 0 spiro atoms. The summed E-state index contributed by atoms with van der Waals surface area (Å²) in [6.07, 6.45) is 0.699. The molecule has 2 aromatic rings. The molecule has 2 unspecified atom stereocenters. The van der Waals surface area contributed by atoms with Crippen molar-refractivity contribution in [3.8, 4) is 5.75 Å². The van der Waals surface area contributed by atoms with Crippen LogP contribution < -0.4 is 10.1 Å². The third kappa shape index (κ3) is 4.25. The van der Waals surface area contributed by atoms with Crippen molar-refractivity contribution < 1.29 is 14.3 Å². The maximum Gasteiger partial charge on any atom is 0.258 e. The third-order valence-corrected chi connectivity index (χ3v) is 4.92. The number of ether oxygens (including phenoxy) is 2. The molecule has 144 valence electrons. The van der Waals surface area contributed by atoms with Gasteiger partial charge in [0.25, 0.3) is 5.91 Å². The number of carbonyl (C=O) groups is 1. The average Bonchev–Trinajstić information content (AvgIpc) is 2.71. The van der Waals surface area contributed by atoms with E-state index < -0.39 is 0 Å². The van der Waals surface area contributed by atoms with Gasteiger partial charge in [-0.1, -0.05) is 31.2 Å². The molecule has 0 aliphatic carbocycles. The van der Waals surface area contributed by atoms with Crippen LogP contribution in [0.5, 0.6) is 5.75 Å². The largest absolute Gasteiger partial charge is 0.491 e. The fourth-order valence-corrected chi connectivity index (χ4v) is 3.27. The monoisotopic (exact) mass is 368 g/mol. The van der Waals surface area contributed by atoms with Crippen molar-refractivity contribution in [1.29, 1.82) is 0 Å². The van der Waals surface area contributed by atoms with Crippen LogP contribution in [-0.4, -0.2) is 36.7 Å². The molecule has 27 heavy (non-hydrogen) atoms. The number of nitrogens with one attached hydrogen (secondary N) is 1. The van der Waals surface area contributed by atoms with E-state index in [1.54, 1.807) is 0 Å². The molecule has 0 saturated carbocycles. The third-order valence-electron chi connectivity index (χ3n) is 4.92. The Kier molecular flexibility index (Phi) is 6.35. The summed E-state index contributed by atoms with van der Waals surface area (Å²) in [7, 11) is 0. The van der Waals surface area contributed by atoms with Crippen LogP contribution in [-0.2, 0) is 4.74 Å². The van der Waals surface area contributed by atoms with Crippen LogP contribution in [0.15, 0.2) is 48.5 Å². The molecule has 0 fully saturated rings. The quantitative estimate of drug-likeness (QED) is 0.699. The lowest BCUT2D eigenvalue weighted by Crippen LogP contribution is -2.47. The second kappa shape index (κ2) is 8.91. The van der Waals surface area contributed by atoms with Crippen LogP contribution in [0.4, 0.5) is 5.69 Å². The molecule has 0 radical (unpaired) electrons. The molecule has 0 saturated heterocycles. The van der Waals surface area contributed by atoms with Gasteiger partial charge in [0.2, 0.25) is 0 Å². The van der Waals surface area contributed by atoms with E-state index in [9.17, 15) is 4.79 Å². The summed E-state index contributed by atoms with van der Waals surface area (Å²) in [4.78, 5) is 15.1. The van der Waals surface area contributed by atoms with Gasteiger partial charge < -0.3 is 19.7 Å². The lowest BCUT2D eigenvalue weighted by atomic mass is 10.0. The number of amides is 1. The molecular formula is C22H28N2O3. The summed E-state index contributed by atoms with van der Waals surface area (Å²) >= 11 is 0. The fraction of sp³-hybridized carbons (Fsp3) is 0.409. The summed E-state index contributed by atoms with van der Waals surface area (Å²) in [6, 6.07) is 15.8. The summed E-state index contributed by atoms with van der Waals surface area (Å²) < 4.78 is 11.0. The zero-order chi connectivity index (χ0) is 19.2. The van der Waals surface area contributed by atoms with Crippen LogP contribution in [0.25, 0.3) is 0 Å². The van der Waals surface area contributed by atoms with Crippen molar-refractivity contribution in [1.82, 2.24) is 4.90 Å². The van der Waals surface area contributed by atoms with E-state index >= 15 is 0 Å². The molecule has 1 aliphatic heterocycles. The van der Waals surface area contributed by atoms with Crippen molar-refractivity contribution >= 4 is 11.6 Å². The Bertz CT molecular complexity index is 760. The SMILES string of the molecule is CCOCCOc1ccc(C2Nc3ccccc3C(=O)N2C(C)CC)cc1. The smallest absolute Gasteiger partial charge is 0.258 e. The Labute approximate surface area is 161 Å². The van der Waals surface area contributed by atoms with Gasteiger partial charge in [-0.2, -0.15) is 0 Å². The Balaban J connectivity index is 1.82. The molecule has 2 atom stereocenters. The number of carbonyl (C=O) groups excluding carboxylic acids is 1. The summed E-state index contributed by atoms with van der Waals surface area (Å²) in [5.74, 6) is 0.872. The Morgan fingerprint density at radius 1 is 1.07 bits per heavy atom. The number of rotatable bonds is 8. The van der Waals surface area contributed by atoms with E-state index in [4.69, 9.17) is 9.47 Å². The zero-order valence-corrected chi connectivity index (χ0v) is 16.3. The van der Waals surface area contributed by atoms with E-state index in [2.05, 4.69) is 19.2 Å². The highest BCUT2D eigenvalue weighted by Crippen LogP contribution is 2.35. The number of fused-ring (bicyclic) bond motifs is 1. The van der Waals surface area contributed by atoms with Gasteiger partial charge in [-0.15, -0.1) is 0 Å². The predicted molar refractivity (Wildman–Crippen MR) is 107 cm³/mol. The zero-order valence-electron chi connectivity index (χ0n) is 16.3. The van der Waals surface area contributed by atoms with Crippen LogP contribution in [0.1, 0.15) is 49.3 Å². The number of anilines is 1. The molecule has 1 aliphatic rings. The van der Waals surface area contributed by atoms with Gasteiger partial charge in [0.1, 0.15) is 18.5 Å². The highest BCUT2D eigenvalue weighted by Gasteiger charge is 2.35. The van der Waals surface area contributed by atoms with Gasteiger partial charge in [0.15, 0.2) is 0 Å². The number of para-hydroxylation sites is 1. The van der Waals surface area contributed by atoms with E-state index in [1.165, 1.54) is 0 Å². The molecular weight excluding hydrogens is 340 g/mol. The fourth-order valence-electron chi connectivity index (χ4n) is 3.27. The van der Waals surface area contributed by atoms with E-state index in [0.717, 1.165) is 29.0 Å². The molecule has 5 nitrogen and oxygen atoms in total. The average molecular weight is 368 g/mol. The van der Waals surface area contributed by atoms with E-state index in [0.29, 0.717) is 19.8 Å². The highest BCUT2D eigenvalue weighted by molar-refractivity contribution is 6.01. The second-order valence-corrected chi connectivity index (χ2v) is 6.68. The van der Waals surface area contributed by atoms with Gasteiger partial charge in [-0.3, -0.25) is 4.79 Å². The summed E-state index contributed by atoms with van der Waals surface area (Å²) in [5, 5.41) is 3.53. The lowest BCUT2D eigenvalue weighted by molar-refractivity contribution is 0.0593. The molecule has 2 aromatic carbocycles. The molecule has 1 N–H and O–H groups in total. The lowest BCUT2D eigenvalue weighted by Gasteiger charge is -2.41. The number of nitrogens with zero attached hydrogens (tertiary/aromatic N) is 1. The number of hydrogen-bond donors (Lipinski definition) is 1. The summed E-state index contributed by atoms with van der Waals surface area (Å²) in [6.45, 7) is 7.96. The van der Waals surface area contributed by atoms with Crippen molar-refractivity contribution in [3.05, 3.63) is 59.7 Å². The second-order valence-electron chi connectivity index (χ2n) is 6.68. The van der Waals surface area contributed by atoms with Crippen molar-refractivity contribution in [2.45, 2.75) is 39.4 Å². The van der Waals surface area contributed by atoms with Gasteiger partial charge in [0.05, 0.1) is 12.2 Å². The van der Waals surface area contributed by atoms with Crippen molar-refractivity contribution in [2.75, 3.05) is 25.1 Å². The predicted octanol–water partition coefficient (Wildman–Crippen LogP) is 4.47. The minimum absolute atomic E-state index is 0.0701. The first-order chi connectivity index (χ1) is 13.2. The first-order valence-corrected chi connectivity index (χ1v) is 9.64. The van der Waals surface area contributed by atoms with Gasteiger partial charge in [-0.05, 0) is 50.1 Å². The minimum atomic E-state index is -0.195. The van der Waals surface area contributed by atoms with Gasteiger partial charge in [-0.25, -0.2) is 0 Å². The summed E-state index contributed by atoms with van der Waals surface area (Å²) in [5.41, 5.74) is 2.64. The van der Waals surface area contributed by atoms with Crippen molar-refractivity contribution in [2.24, 2.45) is 0 Å². The molecule has 5 heteroatoms. The molecule has 0 bridgehead atoms. The van der Waals surface area contributed by atoms with Gasteiger partial charge in [0, 0.05) is 18.3 Å². The van der Waals surface area contributed by atoms with Gasteiger partial charge >= 0.3 is 0 Å². The Morgan fingerprint density at radius 2 is 1.81 bits per heavy atom. The Morgan fingerprint density at radius 3 is 2.52 bits per heavy atom. The first-order valence-electron chi connectivity index (χ1n) is 9.64. The van der Waals surface area contributed by atoms with Crippen LogP contribution in [0.3, 0.4) is 0 Å². The van der Waals surface area contributed by atoms with Crippen LogP contribution >= 0.6 is 0 Å². The first kappa shape index (κ1) is 19.2. The van der Waals surface area contributed by atoms with Crippen LogP contribution in [0, 0.1) is 0 Å². The number of hydrogen-bond acceptors (Lipinski definition) is 4. The Hall–Kier alpha value is -2.53. The van der Waals surface area contributed by atoms with E-state index in [1.807, 2.05) is 60.4 Å². The topological polar surface area (TPSA) is 50.8 Å².